The zero-order valence-electron chi connectivity index (χ0n) is 12.6. The molecule has 0 aliphatic carbocycles. The van der Waals surface area contributed by atoms with E-state index in [-0.39, 0.29) is 10.7 Å². The molecule has 1 aromatic carbocycles. The van der Waals surface area contributed by atoms with Crippen LogP contribution in [0.25, 0.3) is 0 Å². The number of pyridine rings is 1. The number of halogens is 1. The van der Waals surface area contributed by atoms with Gasteiger partial charge in [-0.3, -0.25) is 4.79 Å². The normalized spacial score (nSPS) is 12.2. The van der Waals surface area contributed by atoms with Crippen molar-refractivity contribution in [1.82, 2.24) is 9.88 Å². The third kappa shape index (κ3) is 5.23. The molecular weight excluding hydrogens is 312 g/mol. The number of benzene rings is 1. The molecule has 5 N–H and O–H groups in total. The Morgan fingerprint density at radius 3 is 2.48 bits per heavy atom. The van der Waals surface area contributed by atoms with Gasteiger partial charge in [-0.25, -0.2) is 0 Å². The Kier molecular flexibility index (Phi) is 5.88. The third-order valence-corrected chi connectivity index (χ3v) is 3.35. The second kappa shape index (κ2) is 8.10. The van der Waals surface area contributed by atoms with Gasteiger partial charge < -0.3 is 21.4 Å². The summed E-state index contributed by atoms with van der Waals surface area (Å²) in [6, 6.07) is 13.1. The summed E-state index contributed by atoms with van der Waals surface area (Å²) in [5, 5.41) is 3.30. The highest BCUT2D eigenvalue weighted by atomic mass is 35.5. The third-order valence-electron chi connectivity index (χ3n) is 3.24. The first-order valence-corrected chi connectivity index (χ1v) is 7.48. The van der Waals surface area contributed by atoms with Crippen LogP contribution in [0.1, 0.15) is 11.1 Å². The van der Waals surface area contributed by atoms with E-state index in [4.69, 9.17) is 23.1 Å². The summed E-state index contributed by atoms with van der Waals surface area (Å²) in [5.41, 5.74) is 13.7. The average molecular weight is 331 g/mol. The second-order valence-electron chi connectivity index (χ2n) is 4.99. The van der Waals surface area contributed by atoms with E-state index in [1.54, 1.807) is 29.0 Å². The van der Waals surface area contributed by atoms with E-state index in [9.17, 15) is 4.79 Å². The van der Waals surface area contributed by atoms with Gasteiger partial charge in [0.1, 0.15) is 5.16 Å². The summed E-state index contributed by atoms with van der Waals surface area (Å²) in [7, 11) is 0. The van der Waals surface area contributed by atoms with E-state index in [1.165, 1.54) is 6.20 Å². The van der Waals surface area contributed by atoms with Crippen molar-refractivity contribution in [3.63, 3.8) is 0 Å². The molecule has 0 saturated heterocycles. The highest BCUT2D eigenvalue weighted by molar-refractivity contribution is 6.29. The number of nitrogens with one attached hydrogen (secondary N) is 1. The van der Waals surface area contributed by atoms with Crippen LogP contribution in [0.15, 0.2) is 76.6 Å². The van der Waals surface area contributed by atoms with Crippen LogP contribution in [0.4, 0.5) is 0 Å². The van der Waals surface area contributed by atoms with Crippen molar-refractivity contribution in [2.45, 2.75) is 13.1 Å². The van der Waals surface area contributed by atoms with Crippen LogP contribution in [-0.4, -0.2) is 4.57 Å². The highest BCUT2D eigenvalue weighted by Gasteiger charge is 1.99. The van der Waals surface area contributed by atoms with Crippen molar-refractivity contribution in [2.75, 3.05) is 0 Å². The van der Waals surface area contributed by atoms with Crippen molar-refractivity contribution in [3.8, 4) is 0 Å². The Morgan fingerprint density at radius 1 is 1.17 bits per heavy atom. The molecule has 120 valence electrons. The minimum Gasteiger partial charge on any atom is -0.403 e. The van der Waals surface area contributed by atoms with Gasteiger partial charge in [0.2, 0.25) is 0 Å². The number of hydrogen-bond acceptors (Lipinski definition) is 4. The fourth-order valence-electron chi connectivity index (χ4n) is 2.06. The maximum absolute atomic E-state index is 11.7. The lowest BCUT2D eigenvalue weighted by molar-refractivity contribution is 0.757. The fraction of sp³-hybridized carbons (Fsp3) is 0.118. The molecule has 0 aliphatic rings. The molecule has 0 radical (unpaired) electrons. The van der Waals surface area contributed by atoms with E-state index in [1.807, 2.05) is 30.3 Å². The van der Waals surface area contributed by atoms with E-state index in [0.29, 0.717) is 18.8 Å². The lowest BCUT2D eigenvalue weighted by Crippen LogP contribution is -2.18. The van der Waals surface area contributed by atoms with E-state index >= 15 is 0 Å². The number of allylic oxidation sites excluding steroid dienone is 1. The number of hydrogen-bond donors (Lipinski definition) is 3. The van der Waals surface area contributed by atoms with E-state index in [0.717, 1.165) is 11.1 Å². The fourth-order valence-corrected chi connectivity index (χ4v) is 2.18. The maximum atomic E-state index is 11.7. The molecule has 0 unspecified atom stereocenters. The van der Waals surface area contributed by atoms with Crippen molar-refractivity contribution in [3.05, 3.63) is 93.3 Å². The largest absolute Gasteiger partial charge is 0.403 e. The first kappa shape index (κ1) is 16.7. The Morgan fingerprint density at radius 2 is 1.87 bits per heavy atom. The van der Waals surface area contributed by atoms with E-state index in [2.05, 4.69) is 5.32 Å². The topological polar surface area (TPSA) is 86.1 Å². The standard InChI is InChI=1S/C17H19ClN4O/c18-16(20)9-15(10-19)21-11-13-4-6-14(7-5-13)12-22-8-2-1-3-17(22)23/h1-10,21H,11-12,19-20H2/b15-10+,16-9-. The monoisotopic (exact) mass is 330 g/mol. The van der Waals surface area contributed by atoms with Crippen LogP contribution in [0.3, 0.4) is 0 Å². The Labute approximate surface area is 139 Å². The highest BCUT2D eigenvalue weighted by Crippen LogP contribution is 2.07. The smallest absolute Gasteiger partial charge is 0.250 e. The molecule has 1 heterocycles. The predicted molar refractivity (Wildman–Crippen MR) is 93.5 cm³/mol. The molecule has 0 atom stereocenters. The van der Waals surface area contributed by atoms with Crippen LogP contribution in [0, 0.1) is 0 Å². The van der Waals surface area contributed by atoms with Gasteiger partial charge >= 0.3 is 0 Å². The summed E-state index contributed by atoms with van der Waals surface area (Å²) in [6.45, 7) is 1.14. The van der Waals surface area contributed by atoms with Gasteiger partial charge in [0.05, 0.1) is 12.2 Å². The molecule has 0 aliphatic heterocycles. The first-order chi connectivity index (χ1) is 11.1. The van der Waals surface area contributed by atoms with Crippen molar-refractivity contribution in [2.24, 2.45) is 11.5 Å². The molecule has 5 nitrogen and oxygen atoms in total. The summed E-state index contributed by atoms with van der Waals surface area (Å²) < 4.78 is 1.66. The maximum Gasteiger partial charge on any atom is 0.250 e. The summed E-state index contributed by atoms with van der Waals surface area (Å²) in [6.07, 6.45) is 4.74. The zero-order valence-corrected chi connectivity index (χ0v) is 13.3. The van der Waals surface area contributed by atoms with Gasteiger partial charge in [0, 0.05) is 25.0 Å². The molecule has 2 aromatic rings. The number of aromatic nitrogens is 1. The van der Waals surface area contributed by atoms with Gasteiger partial charge in [0.25, 0.3) is 5.56 Å². The molecule has 0 fully saturated rings. The number of nitrogens with two attached hydrogens (primary N) is 2. The summed E-state index contributed by atoms with van der Waals surface area (Å²) in [4.78, 5) is 11.7. The molecule has 0 saturated carbocycles. The second-order valence-corrected chi connectivity index (χ2v) is 5.42. The Bertz CT molecular complexity index is 759. The molecule has 6 heteroatoms. The van der Waals surface area contributed by atoms with Gasteiger partial charge in [-0.05, 0) is 23.3 Å². The van der Waals surface area contributed by atoms with Crippen LogP contribution >= 0.6 is 11.6 Å². The Hall–Kier alpha value is -2.66. The molecule has 1 aromatic heterocycles. The number of nitrogens with zero attached hydrogens (tertiary/aromatic N) is 1. The van der Waals surface area contributed by atoms with Gasteiger partial charge in [-0.15, -0.1) is 0 Å². The average Bonchev–Trinajstić information content (AvgIpc) is 2.54. The lowest BCUT2D eigenvalue weighted by atomic mass is 10.1. The molecule has 0 amide bonds. The van der Waals surface area contributed by atoms with Gasteiger partial charge in [0.15, 0.2) is 0 Å². The first-order valence-electron chi connectivity index (χ1n) is 7.10. The van der Waals surface area contributed by atoms with E-state index < -0.39 is 0 Å². The molecular formula is C17H19ClN4O. The summed E-state index contributed by atoms with van der Waals surface area (Å²) >= 11 is 5.62. The zero-order chi connectivity index (χ0) is 16.7. The predicted octanol–water partition coefficient (Wildman–Crippen LogP) is 1.83. The van der Waals surface area contributed by atoms with Gasteiger partial charge in [-0.1, -0.05) is 41.9 Å². The van der Waals surface area contributed by atoms with Crippen molar-refractivity contribution in [1.29, 1.82) is 0 Å². The minimum atomic E-state index is -0.0126. The summed E-state index contributed by atoms with van der Waals surface area (Å²) in [5.74, 6) is 0. The number of rotatable bonds is 6. The van der Waals surface area contributed by atoms with Crippen molar-refractivity contribution < 1.29 is 0 Å². The molecule has 0 spiro atoms. The lowest BCUT2D eigenvalue weighted by Gasteiger charge is -2.09. The van der Waals surface area contributed by atoms with Crippen molar-refractivity contribution >= 4 is 11.6 Å². The van der Waals surface area contributed by atoms with Crippen LogP contribution < -0.4 is 22.3 Å². The molecule has 2 rings (SSSR count). The van der Waals surface area contributed by atoms with Crippen LogP contribution in [-0.2, 0) is 13.1 Å². The quantitative estimate of drug-likeness (QED) is 0.557. The van der Waals surface area contributed by atoms with Crippen LogP contribution in [0.5, 0.6) is 0 Å². The SMILES string of the molecule is N/C=C(\C=C(/N)Cl)NCc1ccc(Cn2ccccc2=O)cc1. The minimum absolute atomic E-state index is 0.0126. The Balaban J connectivity index is 1.99. The molecule has 23 heavy (non-hydrogen) atoms. The molecule has 0 bridgehead atoms. The van der Waals surface area contributed by atoms with Gasteiger partial charge in [-0.2, -0.15) is 0 Å². The van der Waals surface area contributed by atoms with Crippen LogP contribution in [0.2, 0.25) is 0 Å².